The minimum Gasteiger partial charge on any atom is -0.488 e. The molecule has 1 unspecified atom stereocenters. The quantitative estimate of drug-likeness (QED) is 0.788. The molecule has 1 aliphatic rings. The number of benzene rings is 2. The van der Waals surface area contributed by atoms with Gasteiger partial charge in [-0.2, -0.15) is 0 Å². The van der Waals surface area contributed by atoms with Crippen LogP contribution in [0.15, 0.2) is 48.5 Å². The van der Waals surface area contributed by atoms with Crippen LogP contribution in [-0.4, -0.2) is 29.6 Å². The molecule has 0 fully saturated rings. The van der Waals surface area contributed by atoms with Crippen molar-refractivity contribution in [3.8, 4) is 5.75 Å². The van der Waals surface area contributed by atoms with Crippen LogP contribution in [0.25, 0.3) is 0 Å². The number of imide groups is 1. The van der Waals surface area contributed by atoms with Gasteiger partial charge in [0.05, 0.1) is 11.1 Å². The molecule has 0 bridgehead atoms. The van der Waals surface area contributed by atoms with Gasteiger partial charge in [0.1, 0.15) is 18.5 Å². The summed E-state index contributed by atoms with van der Waals surface area (Å²) in [5, 5.41) is 1.40. The van der Waals surface area contributed by atoms with Crippen LogP contribution in [0.1, 0.15) is 27.6 Å². The monoisotopic (exact) mass is 331 g/mol. The largest absolute Gasteiger partial charge is 0.488 e. The molecule has 0 spiro atoms. The smallest absolute Gasteiger partial charge is 0.285 e. The molecule has 23 heavy (non-hydrogen) atoms. The number of hydrogen-bond acceptors (Lipinski definition) is 4. The lowest BCUT2D eigenvalue weighted by Gasteiger charge is -2.18. The predicted octanol–water partition coefficient (Wildman–Crippen LogP) is 3.34. The summed E-state index contributed by atoms with van der Waals surface area (Å²) in [6.07, 6.45) is -0.347. The van der Waals surface area contributed by atoms with Gasteiger partial charge in [0.15, 0.2) is 0 Å². The van der Waals surface area contributed by atoms with Gasteiger partial charge in [-0.1, -0.05) is 23.7 Å². The zero-order valence-corrected chi connectivity index (χ0v) is 13.1. The summed E-state index contributed by atoms with van der Waals surface area (Å²) in [6.45, 7) is 1.85. The maximum atomic E-state index is 12.1. The van der Waals surface area contributed by atoms with Crippen molar-refractivity contribution in [1.82, 2.24) is 5.06 Å². The molecule has 5 nitrogen and oxygen atoms in total. The minimum absolute atomic E-state index is 0.0636. The first kappa shape index (κ1) is 15.5. The molecule has 2 amide bonds. The summed E-state index contributed by atoms with van der Waals surface area (Å²) < 4.78 is 5.64. The van der Waals surface area contributed by atoms with Crippen LogP contribution >= 0.6 is 11.6 Å². The Morgan fingerprint density at radius 3 is 2.13 bits per heavy atom. The Bertz CT molecular complexity index is 710. The van der Waals surface area contributed by atoms with Gasteiger partial charge < -0.3 is 4.74 Å². The molecular formula is C17H14ClNO4. The maximum Gasteiger partial charge on any atom is 0.285 e. The van der Waals surface area contributed by atoms with Crippen molar-refractivity contribution >= 4 is 23.4 Å². The number of hydrogen-bond donors (Lipinski definition) is 0. The molecule has 2 aromatic rings. The van der Waals surface area contributed by atoms with Crippen LogP contribution in [0.4, 0.5) is 0 Å². The highest BCUT2D eigenvalue weighted by molar-refractivity contribution is 6.30. The zero-order chi connectivity index (χ0) is 16.4. The fourth-order valence-electron chi connectivity index (χ4n) is 2.24. The lowest BCUT2D eigenvalue weighted by molar-refractivity contribution is -0.109. The van der Waals surface area contributed by atoms with E-state index in [0.717, 1.165) is 5.06 Å². The second-order valence-corrected chi connectivity index (χ2v) is 5.56. The van der Waals surface area contributed by atoms with Gasteiger partial charge in [0.25, 0.3) is 11.8 Å². The summed E-state index contributed by atoms with van der Waals surface area (Å²) in [6, 6.07) is 13.5. The van der Waals surface area contributed by atoms with Crippen molar-refractivity contribution in [3.63, 3.8) is 0 Å². The van der Waals surface area contributed by atoms with Crippen molar-refractivity contribution in [1.29, 1.82) is 0 Å². The van der Waals surface area contributed by atoms with Gasteiger partial charge in [-0.15, -0.1) is 5.06 Å². The number of hydroxylamine groups is 2. The van der Waals surface area contributed by atoms with E-state index in [1.54, 1.807) is 55.5 Å². The van der Waals surface area contributed by atoms with Crippen LogP contribution in [-0.2, 0) is 4.84 Å². The van der Waals surface area contributed by atoms with E-state index < -0.39 is 11.8 Å². The molecule has 0 saturated heterocycles. The van der Waals surface area contributed by atoms with Crippen LogP contribution < -0.4 is 4.74 Å². The molecule has 0 saturated carbocycles. The van der Waals surface area contributed by atoms with Crippen LogP contribution in [0.5, 0.6) is 5.75 Å². The Labute approximate surface area is 138 Å². The average Bonchev–Trinajstić information content (AvgIpc) is 2.80. The fourth-order valence-corrected chi connectivity index (χ4v) is 2.37. The van der Waals surface area contributed by atoms with E-state index in [9.17, 15) is 9.59 Å². The third-order valence-corrected chi connectivity index (χ3v) is 3.60. The highest BCUT2D eigenvalue weighted by Gasteiger charge is 2.36. The molecule has 1 atom stereocenters. The third-order valence-electron chi connectivity index (χ3n) is 3.35. The predicted molar refractivity (Wildman–Crippen MR) is 84.4 cm³/mol. The summed E-state index contributed by atoms with van der Waals surface area (Å²) in [5.74, 6) is -0.276. The number of rotatable bonds is 5. The molecule has 0 aromatic heterocycles. The highest BCUT2D eigenvalue weighted by Crippen LogP contribution is 2.23. The van der Waals surface area contributed by atoms with E-state index in [1.165, 1.54) is 0 Å². The Morgan fingerprint density at radius 2 is 1.57 bits per heavy atom. The molecule has 3 rings (SSSR count). The van der Waals surface area contributed by atoms with Gasteiger partial charge in [0, 0.05) is 5.02 Å². The minimum atomic E-state index is -0.454. The summed E-state index contributed by atoms with van der Waals surface area (Å²) in [5.41, 5.74) is 0.701. The normalized spacial score (nSPS) is 14.8. The van der Waals surface area contributed by atoms with Crippen LogP contribution in [0, 0.1) is 0 Å². The second kappa shape index (κ2) is 6.40. The molecule has 2 aromatic carbocycles. The Hall–Kier alpha value is -2.37. The number of amides is 2. The first-order valence-electron chi connectivity index (χ1n) is 7.09. The van der Waals surface area contributed by atoms with Gasteiger partial charge in [-0.3, -0.25) is 14.4 Å². The number of fused-ring (bicyclic) bond motifs is 1. The van der Waals surface area contributed by atoms with Gasteiger partial charge >= 0.3 is 0 Å². The maximum absolute atomic E-state index is 12.1. The van der Waals surface area contributed by atoms with Crippen molar-refractivity contribution < 1.29 is 19.2 Å². The molecule has 0 aliphatic carbocycles. The van der Waals surface area contributed by atoms with Crippen molar-refractivity contribution in [2.24, 2.45) is 0 Å². The van der Waals surface area contributed by atoms with Crippen LogP contribution in [0.3, 0.4) is 0 Å². The Kier molecular flexibility index (Phi) is 4.32. The number of carbonyl (C=O) groups is 2. The topological polar surface area (TPSA) is 55.8 Å². The van der Waals surface area contributed by atoms with Gasteiger partial charge in [0.2, 0.25) is 0 Å². The first-order valence-corrected chi connectivity index (χ1v) is 7.47. The number of ether oxygens (including phenoxy) is 1. The van der Waals surface area contributed by atoms with Crippen LogP contribution in [0.2, 0.25) is 5.02 Å². The van der Waals surface area contributed by atoms with E-state index in [0.29, 0.717) is 21.9 Å². The molecule has 1 aliphatic heterocycles. The number of halogens is 1. The summed E-state index contributed by atoms with van der Waals surface area (Å²) >= 11 is 5.81. The van der Waals surface area contributed by atoms with Crippen molar-refractivity contribution in [2.45, 2.75) is 13.0 Å². The summed E-state index contributed by atoms with van der Waals surface area (Å²) in [7, 11) is 0. The average molecular weight is 332 g/mol. The number of carbonyl (C=O) groups excluding carboxylic acids is 2. The fraction of sp³-hybridized carbons (Fsp3) is 0.176. The molecule has 1 heterocycles. The van der Waals surface area contributed by atoms with Crippen molar-refractivity contribution in [2.75, 3.05) is 6.61 Å². The third kappa shape index (κ3) is 3.21. The SMILES string of the molecule is CC(CON1C(=O)c2ccccc2C1=O)Oc1ccc(Cl)cc1. The first-order chi connectivity index (χ1) is 11.1. The molecule has 118 valence electrons. The molecule has 0 radical (unpaired) electrons. The van der Waals surface area contributed by atoms with E-state index >= 15 is 0 Å². The van der Waals surface area contributed by atoms with E-state index in [-0.39, 0.29) is 12.7 Å². The van der Waals surface area contributed by atoms with E-state index in [1.807, 2.05) is 0 Å². The lowest BCUT2D eigenvalue weighted by Crippen LogP contribution is -2.34. The van der Waals surface area contributed by atoms with Crippen molar-refractivity contribution in [3.05, 3.63) is 64.7 Å². The highest BCUT2D eigenvalue weighted by atomic mass is 35.5. The molecule has 6 heteroatoms. The van der Waals surface area contributed by atoms with Gasteiger partial charge in [-0.25, -0.2) is 0 Å². The Morgan fingerprint density at radius 1 is 1.00 bits per heavy atom. The molecular weight excluding hydrogens is 318 g/mol. The zero-order valence-electron chi connectivity index (χ0n) is 12.4. The summed E-state index contributed by atoms with van der Waals surface area (Å²) in [4.78, 5) is 29.6. The van der Waals surface area contributed by atoms with E-state index in [2.05, 4.69) is 0 Å². The second-order valence-electron chi connectivity index (χ2n) is 5.13. The number of nitrogens with zero attached hydrogens (tertiary/aromatic N) is 1. The molecule has 0 N–H and O–H groups in total. The Balaban J connectivity index is 1.59. The van der Waals surface area contributed by atoms with Gasteiger partial charge in [-0.05, 0) is 43.3 Å². The van der Waals surface area contributed by atoms with E-state index in [4.69, 9.17) is 21.2 Å². The standard InChI is InChI=1S/C17H14ClNO4/c1-11(23-13-8-6-12(18)7-9-13)10-22-19-16(20)14-4-2-3-5-15(14)17(19)21/h2-9,11H,10H2,1H3. The lowest BCUT2D eigenvalue weighted by atomic mass is 10.1.